The van der Waals surface area contributed by atoms with Crippen LogP contribution in [0.4, 0.5) is 0 Å². The van der Waals surface area contributed by atoms with Crippen LogP contribution in [0.5, 0.6) is 0 Å². The van der Waals surface area contributed by atoms with E-state index in [-0.39, 0.29) is 24.0 Å². The van der Waals surface area contributed by atoms with Crippen LogP contribution in [0.3, 0.4) is 0 Å². The summed E-state index contributed by atoms with van der Waals surface area (Å²) in [6.45, 7) is 0. The number of likely N-dealkylation sites (N-methyl/N-ethyl adjacent to an activating group) is 1. The average molecular weight is 316 g/mol. The molecule has 1 aromatic rings. The number of imide groups is 1. The first-order valence-electron chi connectivity index (χ1n) is 5.94. The summed E-state index contributed by atoms with van der Waals surface area (Å²) < 4.78 is 22.5. The van der Waals surface area contributed by atoms with Crippen molar-refractivity contribution in [3.8, 4) is 0 Å². The molecular weight excluding hydrogens is 302 g/mol. The summed E-state index contributed by atoms with van der Waals surface area (Å²) in [5.74, 6) is -0.842. The molecule has 1 aliphatic rings. The third-order valence-electron chi connectivity index (χ3n) is 3.20. The number of amides is 2. The molecule has 0 aliphatic carbocycles. The normalized spacial score (nSPS) is 17.1. The van der Waals surface area contributed by atoms with Gasteiger partial charge in [-0.1, -0.05) is 12.1 Å². The van der Waals surface area contributed by atoms with Gasteiger partial charge in [0.15, 0.2) is 0 Å². The van der Waals surface area contributed by atoms with Crippen molar-refractivity contribution in [1.82, 2.24) is 4.90 Å². The number of carbonyl (C=O) groups is 2. The first-order chi connectivity index (χ1) is 9.19. The van der Waals surface area contributed by atoms with Crippen molar-refractivity contribution in [3.05, 3.63) is 34.9 Å². The molecule has 1 heterocycles. The van der Waals surface area contributed by atoms with Crippen LogP contribution in [0.2, 0.25) is 0 Å². The van der Waals surface area contributed by atoms with Gasteiger partial charge in [0.1, 0.15) is 9.84 Å². The van der Waals surface area contributed by atoms with Crippen molar-refractivity contribution in [2.45, 2.75) is 11.8 Å². The maximum absolute atomic E-state index is 12.0. The molecule has 0 saturated heterocycles. The van der Waals surface area contributed by atoms with Crippen LogP contribution in [-0.4, -0.2) is 44.2 Å². The first-order valence-corrected chi connectivity index (χ1v) is 8.44. The lowest BCUT2D eigenvalue weighted by atomic mass is 9.96. The highest BCUT2D eigenvalue weighted by molar-refractivity contribution is 7.90. The second kappa shape index (κ2) is 5.18. The zero-order chi connectivity index (χ0) is 15.1. The van der Waals surface area contributed by atoms with Crippen molar-refractivity contribution in [2.75, 3.05) is 19.1 Å². The number of hydrogen-bond donors (Lipinski definition) is 0. The van der Waals surface area contributed by atoms with Crippen molar-refractivity contribution in [3.63, 3.8) is 0 Å². The maximum Gasteiger partial charge on any atom is 0.260 e. The highest BCUT2D eigenvalue weighted by Crippen LogP contribution is 2.27. The van der Waals surface area contributed by atoms with Gasteiger partial charge >= 0.3 is 0 Å². The number of benzene rings is 1. The summed E-state index contributed by atoms with van der Waals surface area (Å²) in [6, 6.07) is 4.89. The molecule has 1 atom stereocenters. The predicted octanol–water partition coefficient (Wildman–Crippen LogP) is 1.17. The van der Waals surface area contributed by atoms with E-state index in [1.165, 1.54) is 7.05 Å². The third-order valence-corrected chi connectivity index (χ3v) is 4.72. The lowest BCUT2D eigenvalue weighted by molar-refractivity contribution is -0.127. The van der Waals surface area contributed by atoms with Crippen LogP contribution in [0, 0.1) is 0 Å². The maximum atomic E-state index is 12.0. The van der Waals surface area contributed by atoms with Gasteiger partial charge in [-0.05, 0) is 17.2 Å². The zero-order valence-electron chi connectivity index (χ0n) is 11.1. The number of carbonyl (C=O) groups excluding carboxylic acids is 2. The molecule has 1 unspecified atom stereocenters. The Bertz CT molecular complexity index is 684. The summed E-state index contributed by atoms with van der Waals surface area (Å²) in [6.07, 6.45) is 1.27. The molecule has 2 rings (SSSR count). The molecule has 1 aromatic carbocycles. The molecule has 0 spiro atoms. The average Bonchev–Trinajstić information content (AvgIpc) is 2.34. The number of fused-ring (bicyclic) bond motifs is 1. The van der Waals surface area contributed by atoms with Gasteiger partial charge in [-0.2, -0.15) is 0 Å². The minimum atomic E-state index is -3.21. The van der Waals surface area contributed by atoms with Crippen molar-refractivity contribution >= 4 is 33.3 Å². The van der Waals surface area contributed by atoms with E-state index in [4.69, 9.17) is 11.6 Å². The Morgan fingerprint density at radius 2 is 2.00 bits per heavy atom. The number of rotatable bonds is 3. The molecular formula is C13H14ClNO4S. The van der Waals surface area contributed by atoms with Gasteiger partial charge in [-0.3, -0.25) is 14.5 Å². The SMILES string of the molecule is CN1C(=O)Cc2ccc(C(Cl)CS(C)(=O)=O)cc2C1=O. The predicted molar refractivity (Wildman–Crippen MR) is 75.6 cm³/mol. The lowest BCUT2D eigenvalue weighted by Crippen LogP contribution is -2.39. The molecule has 0 aromatic heterocycles. The van der Waals surface area contributed by atoms with E-state index < -0.39 is 15.2 Å². The highest BCUT2D eigenvalue weighted by Gasteiger charge is 2.28. The summed E-state index contributed by atoms with van der Waals surface area (Å²) in [7, 11) is -1.78. The van der Waals surface area contributed by atoms with Gasteiger partial charge in [0, 0.05) is 18.9 Å². The monoisotopic (exact) mass is 315 g/mol. The smallest absolute Gasteiger partial charge is 0.260 e. The topological polar surface area (TPSA) is 71.5 Å². The zero-order valence-corrected chi connectivity index (χ0v) is 12.7. The van der Waals surface area contributed by atoms with Crippen LogP contribution in [0.15, 0.2) is 18.2 Å². The van der Waals surface area contributed by atoms with Gasteiger partial charge in [0.05, 0.1) is 17.6 Å². The Kier molecular flexibility index (Phi) is 3.88. The molecule has 1 aliphatic heterocycles. The van der Waals surface area contributed by atoms with Gasteiger partial charge < -0.3 is 0 Å². The van der Waals surface area contributed by atoms with Gasteiger partial charge in [0.2, 0.25) is 5.91 Å². The molecule has 2 amide bonds. The van der Waals surface area contributed by atoms with Gasteiger partial charge in [-0.25, -0.2) is 8.42 Å². The number of hydrogen-bond acceptors (Lipinski definition) is 4. The number of nitrogens with zero attached hydrogens (tertiary/aromatic N) is 1. The van der Waals surface area contributed by atoms with E-state index in [1.807, 2.05) is 0 Å². The second-order valence-corrected chi connectivity index (χ2v) is 7.62. The number of halogens is 1. The summed E-state index contributed by atoms with van der Waals surface area (Å²) in [5, 5.41) is -0.717. The van der Waals surface area contributed by atoms with Crippen molar-refractivity contribution in [2.24, 2.45) is 0 Å². The van der Waals surface area contributed by atoms with Crippen LogP contribution in [-0.2, 0) is 21.1 Å². The molecule has 0 radical (unpaired) electrons. The molecule has 108 valence electrons. The van der Waals surface area contributed by atoms with Crippen molar-refractivity contribution in [1.29, 1.82) is 0 Å². The third kappa shape index (κ3) is 3.02. The molecule has 0 saturated carbocycles. The fraction of sp³-hybridized carbons (Fsp3) is 0.385. The highest BCUT2D eigenvalue weighted by atomic mass is 35.5. The molecule has 0 N–H and O–H groups in total. The number of alkyl halides is 1. The molecule has 20 heavy (non-hydrogen) atoms. The Hall–Kier alpha value is -1.40. The minimum Gasteiger partial charge on any atom is -0.281 e. The van der Waals surface area contributed by atoms with E-state index >= 15 is 0 Å². The standard InChI is InChI=1S/C13H14ClNO4S/c1-15-12(16)6-8-3-4-9(5-10(8)13(15)17)11(14)7-20(2,18)19/h3-5,11H,6-7H2,1-2H3. The molecule has 7 heteroatoms. The van der Waals surface area contributed by atoms with Gasteiger partial charge in [0.25, 0.3) is 5.91 Å². The largest absolute Gasteiger partial charge is 0.281 e. The second-order valence-electron chi connectivity index (χ2n) is 4.91. The van der Waals surface area contributed by atoms with E-state index in [9.17, 15) is 18.0 Å². The molecule has 0 fully saturated rings. The fourth-order valence-electron chi connectivity index (χ4n) is 2.08. The Morgan fingerprint density at radius 1 is 1.35 bits per heavy atom. The van der Waals surface area contributed by atoms with Crippen molar-refractivity contribution < 1.29 is 18.0 Å². The van der Waals surface area contributed by atoms with Crippen LogP contribution in [0.25, 0.3) is 0 Å². The van der Waals surface area contributed by atoms with E-state index in [2.05, 4.69) is 0 Å². The minimum absolute atomic E-state index is 0.164. The summed E-state index contributed by atoms with van der Waals surface area (Å²) in [4.78, 5) is 24.7. The lowest BCUT2D eigenvalue weighted by Gasteiger charge is -2.24. The van der Waals surface area contributed by atoms with E-state index in [1.54, 1.807) is 18.2 Å². The van der Waals surface area contributed by atoms with Crippen LogP contribution >= 0.6 is 11.6 Å². The van der Waals surface area contributed by atoms with Crippen LogP contribution < -0.4 is 0 Å². The summed E-state index contributed by atoms with van der Waals surface area (Å²) >= 11 is 6.08. The fourth-order valence-corrected chi connectivity index (χ4v) is 3.63. The number of sulfone groups is 1. The molecule has 5 nitrogen and oxygen atoms in total. The van der Waals surface area contributed by atoms with E-state index in [0.29, 0.717) is 16.7 Å². The quantitative estimate of drug-likeness (QED) is 0.620. The molecule has 0 bridgehead atoms. The Balaban J connectivity index is 2.37. The van der Waals surface area contributed by atoms with Crippen LogP contribution in [0.1, 0.15) is 26.9 Å². The Morgan fingerprint density at radius 3 is 2.60 bits per heavy atom. The Labute approximate surface area is 122 Å². The van der Waals surface area contributed by atoms with Gasteiger partial charge in [-0.15, -0.1) is 11.6 Å². The summed E-state index contributed by atoms with van der Waals surface area (Å²) in [5.41, 5.74) is 1.61. The first kappa shape index (κ1) is 15.0. The van der Waals surface area contributed by atoms with E-state index in [0.717, 1.165) is 11.2 Å².